The molecule has 0 aliphatic rings. The Morgan fingerprint density at radius 2 is 1.06 bits per heavy atom. The maximum absolute atomic E-state index is 11.2. The van der Waals surface area contributed by atoms with E-state index in [4.69, 9.17) is 30.4 Å². The fraction of sp³-hybridized carbons (Fsp3) is 0.333. The molecule has 0 aromatic heterocycles. The van der Waals surface area contributed by atoms with E-state index in [1.807, 2.05) is 24.3 Å². The van der Waals surface area contributed by atoms with Crippen molar-refractivity contribution in [2.24, 2.45) is 11.5 Å². The molecule has 2 amide bonds. The van der Waals surface area contributed by atoms with Gasteiger partial charge in [0.1, 0.15) is 11.5 Å². The molecule has 0 aliphatic heterocycles. The van der Waals surface area contributed by atoms with Crippen molar-refractivity contribution in [3.05, 3.63) is 85.3 Å². The van der Waals surface area contributed by atoms with Crippen LogP contribution in [0.2, 0.25) is 0 Å². The Morgan fingerprint density at radius 1 is 0.686 bits per heavy atom. The van der Waals surface area contributed by atoms with E-state index in [9.17, 15) is 9.59 Å². The van der Waals surface area contributed by atoms with E-state index in [1.54, 1.807) is 24.3 Å². The predicted octanol–water partition coefficient (Wildman–Crippen LogP) is 5.55. The standard InChI is InChI=1S/C27H34N2O6/c1-3-32-19-7-5-17-27(18-6-8-20-33-4-2,21-9-13-23(14-10-21)34-25(28)30)22-11-15-24(16-12-22)35-26(29)31/h3-4,9-16H,1-2,5-8,17-20H2,(H2,28,30)(H2,29,31). The number of nitrogens with two attached hydrogens (primary N) is 2. The second-order valence-corrected chi connectivity index (χ2v) is 7.96. The number of ether oxygens (including phenoxy) is 4. The van der Waals surface area contributed by atoms with Gasteiger partial charge >= 0.3 is 12.2 Å². The van der Waals surface area contributed by atoms with Gasteiger partial charge in [0, 0.05) is 5.41 Å². The summed E-state index contributed by atoms with van der Waals surface area (Å²) in [6.45, 7) is 8.36. The number of benzene rings is 2. The van der Waals surface area contributed by atoms with Crippen LogP contribution in [0.3, 0.4) is 0 Å². The SMILES string of the molecule is C=COCCCCC(CCCCOC=C)(c1ccc(OC(N)=O)cc1)c1ccc(OC(N)=O)cc1. The average molecular weight is 483 g/mol. The first kappa shape index (κ1) is 27.3. The van der Waals surface area contributed by atoms with Gasteiger partial charge < -0.3 is 30.4 Å². The minimum absolute atomic E-state index is 0.362. The molecule has 0 atom stereocenters. The molecule has 188 valence electrons. The van der Waals surface area contributed by atoms with Crippen LogP contribution in [-0.2, 0) is 14.9 Å². The summed E-state index contributed by atoms with van der Waals surface area (Å²) in [6, 6.07) is 14.8. The van der Waals surface area contributed by atoms with Gasteiger partial charge in [0.25, 0.3) is 0 Å². The fourth-order valence-corrected chi connectivity index (χ4v) is 4.18. The second-order valence-electron chi connectivity index (χ2n) is 7.96. The highest BCUT2D eigenvalue weighted by molar-refractivity contribution is 5.68. The van der Waals surface area contributed by atoms with Crippen molar-refractivity contribution in [3.63, 3.8) is 0 Å². The molecule has 2 aromatic carbocycles. The zero-order valence-electron chi connectivity index (χ0n) is 19.9. The Morgan fingerprint density at radius 3 is 1.37 bits per heavy atom. The first-order chi connectivity index (χ1) is 16.9. The lowest BCUT2D eigenvalue weighted by Gasteiger charge is -2.36. The van der Waals surface area contributed by atoms with Crippen LogP contribution in [0.1, 0.15) is 49.7 Å². The van der Waals surface area contributed by atoms with E-state index in [2.05, 4.69) is 13.2 Å². The van der Waals surface area contributed by atoms with Crippen LogP contribution < -0.4 is 20.9 Å². The Balaban J connectivity index is 2.43. The Labute approximate surface area is 206 Å². The van der Waals surface area contributed by atoms with E-state index in [1.165, 1.54) is 12.5 Å². The zero-order valence-corrected chi connectivity index (χ0v) is 19.9. The van der Waals surface area contributed by atoms with Crippen LogP contribution in [0.15, 0.2) is 74.2 Å². The van der Waals surface area contributed by atoms with Gasteiger partial charge in [-0.1, -0.05) is 37.4 Å². The first-order valence-electron chi connectivity index (χ1n) is 11.5. The number of hydrogen-bond acceptors (Lipinski definition) is 6. The molecule has 0 unspecified atom stereocenters. The molecule has 0 saturated heterocycles. The number of rotatable bonds is 16. The van der Waals surface area contributed by atoms with Crippen LogP contribution in [0.25, 0.3) is 0 Å². The summed E-state index contributed by atoms with van der Waals surface area (Å²) in [5, 5.41) is 0. The van der Waals surface area contributed by atoms with Gasteiger partial charge in [0.2, 0.25) is 0 Å². The molecule has 0 aliphatic carbocycles. The summed E-state index contributed by atoms with van der Waals surface area (Å²) in [7, 11) is 0. The smallest absolute Gasteiger partial charge is 0.409 e. The Hall–Kier alpha value is -3.94. The van der Waals surface area contributed by atoms with E-state index in [0.29, 0.717) is 24.7 Å². The van der Waals surface area contributed by atoms with Crippen LogP contribution in [-0.4, -0.2) is 25.4 Å². The van der Waals surface area contributed by atoms with Crippen LogP contribution in [0.4, 0.5) is 9.59 Å². The average Bonchev–Trinajstić information content (AvgIpc) is 2.83. The Bertz CT molecular complexity index is 877. The number of amides is 2. The molecule has 0 saturated carbocycles. The fourth-order valence-electron chi connectivity index (χ4n) is 4.18. The van der Waals surface area contributed by atoms with Gasteiger partial charge in [-0.2, -0.15) is 0 Å². The summed E-state index contributed by atoms with van der Waals surface area (Å²) >= 11 is 0. The maximum Gasteiger partial charge on any atom is 0.409 e. The third-order valence-electron chi connectivity index (χ3n) is 5.72. The van der Waals surface area contributed by atoms with Crippen molar-refractivity contribution in [1.29, 1.82) is 0 Å². The summed E-state index contributed by atoms with van der Waals surface area (Å²) in [4.78, 5) is 22.3. The molecule has 0 fully saturated rings. The highest BCUT2D eigenvalue weighted by atomic mass is 16.6. The van der Waals surface area contributed by atoms with Gasteiger partial charge in [-0.05, 0) is 73.9 Å². The molecule has 0 heterocycles. The lowest BCUT2D eigenvalue weighted by atomic mass is 9.68. The second kappa shape index (κ2) is 14.3. The number of carbonyl (C=O) groups is 2. The number of hydrogen-bond donors (Lipinski definition) is 2. The zero-order chi connectivity index (χ0) is 25.5. The summed E-state index contributed by atoms with van der Waals surface area (Å²) in [5.41, 5.74) is 12.1. The molecule has 35 heavy (non-hydrogen) atoms. The highest BCUT2D eigenvalue weighted by Gasteiger charge is 2.33. The summed E-state index contributed by atoms with van der Waals surface area (Å²) in [6.07, 6.45) is 6.36. The minimum atomic E-state index is -0.863. The molecular weight excluding hydrogens is 448 g/mol. The molecule has 0 bridgehead atoms. The van der Waals surface area contributed by atoms with Gasteiger partial charge in [0.15, 0.2) is 0 Å². The third kappa shape index (κ3) is 8.73. The van der Waals surface area contributed by atoms with Crippen LogP contribution in [0, 0.1) is 0 Å². The first-order valence-corrected chi connectivity index (χ1v) is 11.5. The Kier molecular flexibility index (Phi) is 11.2. The van der Waals surface area contributed by atoms with Crippen LogP contribution >= 0.6 is 0 Å². The normalized spacial score (nSPS) is 10.7. The third-order valence-corrected chi connectivity index (χ3v) is 5.72. The van der Waals surface area contributed by atoms with Crippen molar-refractivity contribution in [2.45, 2.75) is 43.9 Å². The topological polar surface area (TPSA) is 123 Å². The van der Waals surface area contributed by atoms with Gasteiger partial charge in [-0.25, -0.2) is 9.59 Å². The number of unbranched alkanes of at least 4 members (excludes halogenated alkanes) is 2. The molecule has 8 heteroatoms. The predicted molar refractivity (Wildman–Crippen MR) is 134 cm³/mol. The van der Waals surface area contributed by atoms with Crippen LogP contribution in [0.5, 0.6) is 11.5 Å². The quantitative estimate of drug-likeness (QED) is 0.239. The van der Waals surface area contributed by atoms with E-state index in [-0.39, 0.29) is 5.41 Å². The maximum atomic E-state index is 11.2. The molecular formula is C27H34N2O6. The summed E-state index contributed by atoms with van der Waals surface area (Å²) in [5.74, 6) is 0.748. The minimum Gasteiger partial charge on any atom is -0.502 e. The highest BCUT2D eigenvalue weighted by Crippen LogP contribution is 2.43. The molecule has 2 rings (SSSR count). The van der Waals surface area contributed by atoms with E-state index in [0.717, 1.165) is 49.7 Å². The van der Waals surface area contributed by atoms with E-state index >= 15 is 0 Å². The summed E-state index contributed by atoms with van der Waals surface area (Å²) < 4.78 is 20.7. The molecule has 4 N–H and O–H groups in total. The number of carbonyl (C=O) groups excluding carboxylic acids is 2. The van der Waals surface area contributed by atoms with Gasteiger partial charge in [-0.15, -0.1) is 0 Å². The monoisotopic (exact) mass is 482 g/mol. The van der Waals surface area contributed by atoms with Crippen molar-refractivity contribution in [3.8, 4) is 11.5 Å². The molecule has 2 aromatic rings. The van der Waals surface area contributed by atoms with Gasteiger partial charge in [-0.3, -0.25) is 0 Å². The lowest BCUT2D eigenvalue weighted by molar-refractivity contribution is 0.210. The van der Waals surface area contributed by atoms with Crippen molar-refractivity contribution in [2.75, 3.05) is 13.2 Å². The largest absolute Gasteiger partial charge is 0.502 e. The molecule has 0 radical (unpaired) electrons. The number of primary amides is 2. The molecule has 0 spiro atoms. The lowest BCUT2D eigenvalue weighted by Crippen LogP contribution is -2.28. The molecule has 8 nitrogen and oxygen atoms in total. The van der Waals surface area contributed by atoms with Crippen molar-refractivity contribution in [1.82, 2.24) is 0 Å². The van der Waals surface area contributed by atoms with E-state index < -0.39 is 12.2 Å². The van der Waals surface area contributed by atoms with Gasteiger partial charge in [0.05, 0.1) is 25.7 Å². The van der Waals surface area contributed by atoms with Crippen molar-refractivity contribution < 1.29 is 28.5 Å². The van der Waals surface area contributed by atoms with Crippen molar-refractivity contribution >= 4 is 12.2 Å².